The highest BCUT2D eigenvalue weighted by molar-refractivity contribution is 7.21. The molecule has 2 aromatic rings. The molecule has 1 amide bonds. The van der Waals surface area contributed by atoms with Crippen LogP contribution in [0.25, 0.3) is 10.3 Å². The van der Waals surface area contributed by atoms with Crippen molar-refractivity contribution in [3.05, 3.63) is 18.3 Å². The summed E-state index contributed by atoms with van der Waals surface area (Å²) >= 11 is 1.66. The number of piperidine rings is 1. The molecule has 6 heteroatoms. The summed E-state index contributed by atoms with van der Waals surface area (Å²) in [7, 11) is 0. The highest BCUT2D eigenvalue weighted by Crippen LogP contribution is 2.61. The molecule has 2 aromatic heterocycles. The molecule has 0 spiro atoms. The Labute approximate surface area is 182 Å². The van der Waals surface area contributed by atoms with Gasteiger partial charge >= 0.3 is 0 Å². The van der Waals surface area contributed by atoms with E-state index >= 15 is 0 Å². The van der Waals surface area contributed by atoms with Crippen LogP contribution < -0.4 is 10.2 Å². The topological polar surface area (TPSA) is 58.1 Å². The van der Waals surface area contributed by atoms with Gasteiger partial charge in [-0.2, -0.15) is 0 Å². The normalized spacial score (nSPS) is 34.4. The third-order valence-electron chi connectivity index (χ3n) is 8.65. The largest absolute Gasteiger partial charge is 0.353 e. The Kier molecular flexibility index (Phi) is 4.55. The number of hydrogen-bond acceptors (Lipinski definition) is 5. The summed E-state index contributed by atoms with van der Waals surface area (Å²) in [5, 5.41) is 4.55. The maximum atomic E-state index is 13.1. The molecule has 3 heterocycles. The average Bonchev–Trinajstić information content (AvgIpc) is 3.17. The van der Waals surface area contributed by atoms with Crippen molar-refractivity contribution >= 4 is 32.7 Å². The van der Waals surface area contributed by atoms with Gasteiger partial charge in [-0.3, -0.25) is 4.79 Å². The first-order valence-electron chi connectivity index (χ1n) is 11.8. The first-order valence-corrected chi connectivity index (χ1v) is 12.7. The van der Waals surface area contributed by atoms with E-state index in [-0.39, 0.29) is 5.92 Å². The molecule has 1 aliphatic heterocycles. The highest BCUT2D eigenvalue weighted by Gasteiger charge is 2.53. The molecule has 160 valence electrons. The van der Waals surface area contributed by atoms with Crippen LogP contribution in [-0.4, -0.2) is 35.0 Å². The summed E-state index contributed by atoms with van der Waals surface area (Å²) in [6.45, 7) is 4.11. The minimum Gasteiger partial charge on any atom is -0.353 e. The molecule has 4 saturated carbocycles. The molecule has 1 atom stereocenters. The molecular weight excluding hydrogens is 392 g/mol. The van der Waals surface area contributed by atoms with E-state index in [9.17, 15) is 4.79 Å². The van der Waals surface area contributed by atoms with Crippen LogP contribution in [-0.2, 0) is 4.79 Å². The van der Waals surface area contributed by atoms with Gasteiger partial charge < -0.3 is 10.2 Å². The maximum Gasteiger partial charge on any atom is 0.223 e. The SMILES string of the molecule is C[C@H](NC(=O)C1CCN(c2nc3cccnc3s2)CC1)C12CC3CC(CC(C3)C1)C2. The lowest BCUT2D eigenvalue weighted by Crippen LogP contribution is -2.56. The summed E-state index contributed by atoms with van der Waals surface area (Å²) < 4.78 is 0. The summed E-state index contributed by atoms with van der Waals surface area (Å²) in [4.78, 5) is 25.6. The van der Waals surface area contributed by atoms with E-state index in [4.69, 9.17) is 4.98 Å². The molecule has 0 unspecified atom stereocenters. The predicted molar refractivity (Wildman–Crippen MR) is 121 cm³/mol. The number of pyridine rings is 1. The maximum absolute atomic E-state index is 13.1. The van der Waals surface area contributed by atoms with E-state index in [0.717, 1.165) is 59.2 Å². The van der Waals surface area contributed by atoms with Crippen LogP contribution >= 0.6 is 11.3 Å². The van der Waals surface area contributed by atoms with E-state index < -0.39 is 0 Å². The van der Waals surface area contributed by atoms with Gasteiger partial charge in [0.05, 0.1) is 0 Å². The van der Waals surface area contributed by atoms with Gasteiger partial charge in [-0.25, -0.2) is 9.97 Å². The molecule has 1 N–H and O–H groups in total. The van der Waals surface area contributed by atoms with Gasteiger partial charge in [0.25, 0.3) is 0 Å². The fourth-order valence-corrected chi connectivity index (χ4v) is 8.38. The molecule has 4 aliphatic carbocycles. The van der Waals surface area contributed by atoms with Crippen molar-refractivity contribution in [1.29, 1.82) is 0 Å². The lowest BCUT2D eigenvalue weighted by Gasteiger charge is -2.59. The zero-order chi connectivity index (χ0) is 20.3. The second-order valence-electron chi connectivity index (χ2n) is 10.6. The Morgan fingerprint density at radius 3 is 2.47 bits per heavy atom. The average molecular weight is 425 g/mol. The number of nitrogens with zero attached hydrogens (tertiary/aromatic N) is 3. The van der Waals surface area contributed by atoms with Crippen molar-refractivity contribution in [2.75, 3.05) is 18.0 Å². The number of aromatic nitrogens is 2. The number of nitrogens with one attached hydrogen (secondary N) is 1. The summed E-state index contributed by atoms with van der Waals surface area (Å²) in [5.74, 6) is 3.24. The van der Waals surface area contributed by atoms with Crippen LogP contribution in [0.1, 0.15) is 58.3 Å². The molecule has 1 saturated heterocycles. The van der Waals surface area contributed by atoms with Crippen molar-refractivity contribution < 1.29 is 4.79 Å². The smallest absolute Gasteiger partial charge is 0.223 e. The molecule has 5 aliphatic rings. The van der Waals surface area contributed by atoms with Crippen LogP contribution in [0.5, 0.6) is 0 Å². The number of thiazole rings is 1. The summed E-state index contributed by atoms with van der Waals surface area (Å²) in [6.07, 6.45) is 12.1. The summed E-state index contributed by atoms with van der Waals surface area (Å²) in [6, 6.07) is 4.29. The second kappa shape index (κ2) is 7.18. The number of carbonyl (C=O) groups excluding carboxylic acids is 1. The molecular formula is C24H32N4OS. The van der Waals surface area contributed by atoms with Crippen LogP contribution in [0.4, 0.5) is 5.13 Å². The van der Waals surface area contributed by atoms with Gasteiger partial charge in [-0.15, -0.1) is 0 Å². The number of carbonyl (C=O) groups is 1. The second-order valence-corrected chi connectivity index (χ2v) is 11.6. The Morgan fingerprint density at radius 1 is 1.17 bits per heavy atom. The Balaban J connectivity index is 1.07. The molecule has 0 aromatic carbocycles. The van der Waals surface area contributed by atoms with Crippen LogP contribution in [0.3, 0.4) is 0 Å². The predicted octanol–water partition coefficient (Wildman–Crippen LogP) is 4.63. The van der Waals surface area contributed by atoms with Crippen molar-refractivity contribution in [2.45, 2.75) is 64.3 Å². The fraction of sp³-hybridized carbons (Fsp3) is 0.708. The van der Waals surface area contributed by atoms with Crippen molar-refractivity contribution in [1.82, 2.24) is 15.3 Å². The fourth-order valence-electron chi connectivity index (χ4n) is 7.42. The number of anilines is 1. The van der Waals surface area contributed by atoms with Crippen LogP contribution in [0.2, 0.25) is 0 Å². The molecule has 5 nitrogen and oxygen atoms in total. The van der Waals surface area contributed by atoms with Gasteiger partial charge in [0.2, 0.25) is 5.91 Å². The third-order valence-corrected chi connectivity index (χ3v) is 9.69. The number of hydrogen-bond donors (Lipinski definition) is 1. The zero-order valence-corrected chi connectivity index (χ0v) is 18.7. The molecule has 5 fully saturated rings. The van der Waals surface area contributed by atoms with E-state index in [2.05, 4.69) is 22.1 Å². The summed E-state index contributed by atoms with van der Waals surface area (Å²) in [5.41, 5.74) is 1.36. The Morgan fingerprint density at radius 2 is 1.83 bits per heavy atom. The van der Waals surface area contributed by atoms with Crippen LogP contribution in [0.15, 0.2) is 18.3 Å². The monoisotopic (exact) mass is 424 g/mol. The van der Waals surface area contributed by atoms with Gasteiger partial charge in [0.1, 0.15) is 10.3 Å². The molecule has 30 heavy (non-hydrogen) atoms. The minimum atomic E-state index is 0.144. The Bertz CT molecular complexity index is 879. The third kappa shape index (κ3) is 3.22. The van der Waals surface area contributed by atoms with E-state index in [1.54, 1.807) is 11.3 Å². The number of fused-ring (bicyclic) bond motifs is 1. The van der Waals surface area contributed by atoms with E-state index in [1.807, 2.05) is 18.3 Å². The molecule has 7 rings (SSSR count). The minimum absolute atomic E-state index is 0.144. The quantitative estimate of drug-likeness (QED) is 0.777. The first-order chi connectivity index (χ1) is 14.6. The van der Waals surface area contributed by atoms with Crippen LogP contribution in [0, 0.1) is 29.1 Å². The first kappa shape index (κ1) is 19.0. The zero-order valence-electron chi connectivity index (χ0n) is 17.8. The highest BCUT2D eigenvalue weighted by atomic mass is 32.1. The van der Waals surface area contributed by atoms with Gasteiger partial charge in [0.15, 0.2) is 5.13 Å². The Hall–Kier alpha value is -1.69. The van der Waals surface area contributed by atoms with Crippen molar-refractivity contribution in [3.8, 4) is 0 Å². The lowest BCUT2D eigenvalue weighted by atomic mass is 9.48. The number of rotatable bonds is 4. The standard InChI is InChI=1S/C24H32N4OS/c1-15(24-12-16-9-17(13-24)11-18(10-16)14-24)26-21(29)19-4-7-28(8-5-19)23-27-20-3-2-6-25-22(20)30-23/h2-3,6,15-19H,4-5,7-14H2,1H3,(H,26,29)/t15-,16?,17?,18?,24?/m0/s1. The molecule has 4 bridgehead atoms. The van der Waals surface area contributed by atoms with E-state index in [1.165, 1.54) is 38.5 Å². The van der Waals surface area contributed by atoms with Gasteiger partial charge in [0, 0.05) is 31.2 Å². The lowest BCUT2D eigenvalue weighted by molar-refractivity contribution is -0.130. The van der Waals surface area contributed by atoms with Gasteiger partial charge in [-0.1, -0.05) is 11.3 Å². The van der Waals surface area contributed by atoms with Gasteiger partial charge in [-0.05, 0) is 93.6 Å². The van der Waals surface area contributed by atoms with Crippen molar-refractivity contribution in [2.24, 2.45) is 29.1 Å². The van der Waals surface area contributed by atoms with E-state index in [0.29, 0.717) is 17.4 Å². The van der Waals surface area contributed by atoms with Crippen molar-refractivity contribution in [3.63, 3.8) is 0 Å². The molecule has 0 radical (unpaired) electrons. The number of amides is 1.